The van der Waals surface area contributed by atoms with Crippen LogP contribution in [0, 0.1) is 0 Å². The van der Waals surface area contributed by atoms with Crippen molar-refractivity contribution in [2.75, 3.05) is 13.2 Å². The van der Waals surface area contributed by atoms with Crippen molar-refractivity contribution in [2.24, 2.45) is 0 Å². The van der Waals surface area contributed by atoms with E-state index in [0.717, 1.165) is 0 Å². The lowest BCUT2D eigenvalue weighted by atomic mass is 9.98. The predicted molar refractivity (Wildman–Crippen MR) is 117 cm³/mol. The molecule has 10 heteroatoms. The first-order valence-electron chi connectivity index (χ1n) is 10.1. The molecule has 0 amide bonds. The predicted octanol–water partition coefficient (Wildman–Crippen LogP) is 1.38. The topological polar surface area (TPSA) is 122 Å². The monoisotopic (exact) mass is 468 g/mol. The number of benzene rings is 2. The number of rotatable bonds is 10. The van der Waals surface area contributed by atoms with Crippen molar-refractivity contribution in [1.29, 1.82) is 0 Å². The van der Waals surface area contributed by atoms with Crippen LogP contribution in [-0.4, -0.2) is 53.3 Å². The molecule has 0 spiro atoms. The van der Waals surface area contributed by atoms with Crippen molar-refractivity contribution in [3.8, 4) is 0 Å². The lowest BCUT2D eigenvalue weighted by Gasteiger charge is -2.36. The number of sulfonamides is 2. The Bertz CT molecular complexity index is 1030. The highest BCUT2D eigenvalue weighted by Gasteiger charge is 2.33. The van der Waals surface area contributed by atoms with Gasteiger partial charge in [0, 0.05) is 6.54 Å². The number of aliphatic hydroxyl groups is 1. The van der Waals surface area contributed by atoms with Crippen LogP contribution >= 0.6 is 0 Å². The Hall–Kier alpha value is -1.82. The SMILES string of the molecule is O=S(=O)(Cc1ccccc1)NCC[C@H]1CC[C@@H](NS(=O)(=O)c2ccccc2)[C@H](CO)O1. The molecular formula is C21H28N2O6S2. The summed E-state index contributed by atoms with van der Waals surface area (Å²) in [4.78, 5) is 0.154. The zero-order valence-corrected chi connectivity index (χ0v) is 18.7. The smallest absolute Gasteiger partial charge is 0.240 e. The molecule has 2 aromatic carbocycles. The minimum atomic E-state index is -3.72. The van der Waals surface area contributed by atoms with Gasteiger partial charge in [0.05, 0.1) is 35.5 Å². The number of hydrogen-bond donors (Lipinski definition) is 3. The van der Waals surface area contributed by atoms with E-state index in [1.165, 1.54) is 12.1 Å². The first kappa shape index (κ1) is 23.8. The van der Waals surface area contributed by atoms with E-state index < -0.39 is 32.2 Å². The molecule has 3 N–H and O–H groups in total. The molecule has 1 aliphatic heterocycles. The second kappa shape index (κ2) is 10.7. The van der Waals surface area contributed by atoms with Gasteiger partial charge in [0.15, 0.2) is 0 Å². The molecule has 2 aromatic rings. The van der Waals surface area contributed by atoms with E-state index in [1.54, 1.807) is 42.5 Å². The Morgan fingerprint density at radius 1 is 0.935 bits per heavy atom. The summed E-state index contributed by atoms with van der Waals surface area (Å²) >= 11 is 0. The molecule has 0 saturated carbocycles. The molecule has 0 bridgehead atoms. The Balaban J connectivity index is 1.49. The Morgan fingerprint density at radius 2 is 1.58 bits per heavy atom. The third-order valence-electron chi connectivity index (χ3n) is 5.14. The van der Waals surface area contributed by atoms with Crippen molar-refractivity contribution in [2.45, 2.75) is 48.2 Å². The Labute approximate surface area is 183 Å². The minimum Gasteiger partial charge on any atom is -0.394 e. The molecule has 3 atom stereocenters. The van der Waals surface area contributed by atoms with Crippen LogP contribution in [0.1, 0.15) is 24.8 Å². The third-order valence-corrected chi connectivity index (χ3v) is 8.01. The van der Waals surface area contributed by atoms with E-state index in [0.29, 0.717) is 24.8 Å². The van der Waals surface area contributed by atoms with Crippen LogP contribution < -0.4 is 9.44 Å². The van der Waals surface area contributed by atoms with Gasteiger partial charge < -0.3 is 9.84 Å². The van der Waals surface area contributed by atoms with E-state index in [4.69, 9.17) is 4.74 Å². The van der Waals surface area contributed by atoms with Crippen molar-refractivity contribution < 1.29 is 26.7 Å². The standard InChI is InChI=1S/C21H28N2O6S2/c24-15-21-20(23-31(27,28)19-9-5-2-6-10-19)12-11-18(29-21)13-14-22-30(25,26)16-17-7-3-1-4-8-17/h1-10,18,20-24H,11-16H2/t18-,20-,21+/m1/s1. The highest BCUT2D eigenvalue weighted by molar-refractivity contribution is 7.89. The number of ether oxygens (including phenoxy) is 1. The molecule has 3 rings (SSSR count). The first-order valence-corrected chi connectivity index (χ1v) is 13.3. The zero-order valence-electron chi connectivity index (χ0n) is 17.1. The highest BCUT2D eigenvalue weighted by atomic mass is 32.2. The lowest BCUT2D eigenvalue weighted by Crippen LogP contribution is -2.51. The average Bonchev–Trinajstić information content (AvgIpc) is 2.75. The van der Waals surface area contributed by atoms with Crippen molar-refractivity contribution >= 4 is 20.0 Å². The third kappa shape index (κ3) is 7.09. The maximum absolute atomic E-state index is 12.6. The summed E-state index contributed by atoms with van der Waals surface area (Å²) in [6, 6.07) is 16.4. The summed E-state index contributed by atoms with van der Waals surface area (Å²) in [5.74, 6) is -0.0953. The number of nitrogens with one attached hydrogen (secondary N) is 2. The molecule has 8 nitrogen and oxygen atoms in total. The van der Waals surface area contributed by atoms with Gasteiger partial charge >= 0.3 is 0 Å². The second-order valence-corrected chi connectivity index (χ2v) is 11.0. The van der Waals surface area contributed by atoms with E-state index >= 15 is 0 Å². The van der Waals surface area contributed by atoms with E-state index in [1.807, 2.05) is 6.07 Å². The largest absolute Gasteiger partial charge is 0.394 e. The molecule has 1 fully saturated rings. The Morgan fingerprint density at radius 3 is 2.23 bits per heavy atom. The van der Waals surface area contributed by atoms with Gasteiger partial charge in [0.2, 0.25) is 20.0 Å². The van der Waals surface area contributed by atoms with Gasteiger partial charge in [-0.1, -0.05) is 48.5 Å². The van der Waals surface area contributed by atoms with Gasteiger partial charge in [-0.2, -0.15) is 0 Å². The number of aliphatic hydroxyl groups excluding tert-OH is 1. The van der Waals surface area contributed by atoms with Crippen molar-refractivity contribution in [3.63, 3.8) is 0 Å². The van der Waals surface area contributed by atoms with E-state index in [9.17, 15) is 21.9 Å². The summed E-state index contributed by atoms with van der Waals surface area (Å²) < 4.78 is 60.6. The molecule has 0 unspecified atom stereocenters. The normalized spacial score (nSPS) is 22.3. The fourth-order valence-electron chi connectivity index (χ4n) is 3.57. The molecule has 0 aromatic heterocycles. The summed E-state index contributed by atoms with van der Waals surface area (Å²) in [5, 5.41) is 9.69. The van der Waals surface area contributed by atoms with Gasteiger partial charge in [0.25, 0.3) is 0 Å². The lowest BCUT2D eigenvalue weighted by molar-refractivity contribution is -0.0869. The summed E-state index contributed by atoms with van der Waals surface area (Å²) in [5.41, 5.74) is 0.706. The molecule has 31 heavy (non-hydrogen) atoms. The molecule has 1 aliphatic rings. The molecule has 1 saturated heterocycles. The van der Waals surface area contributed by atoms with Crippen LogP contribution in [0.3, 0.4) is 0 Å². The first-order chi connectivity index (χ1) is 14.8. The van der Waals surface area contributed by atoms with Gasteiger partial charge in [-0.05, 0) is 37.0 Å². The maximum atomic E-state index is 12.6. The molecule has 0 radical (unpaired) electrons. The summed E-state index contributed by atoms with van der Waals surface area (Å²) in [6.45, 7) is -0.128. The van der Waals surface area contributed by atoms with Crippen LogP contribution in [0.15, 0.2) is 65.6 Å². The van der Waals surface area contributed by atoms with Crippen LogP contribution in [0.5, 0.6) is 0 Å². The van der Waals surface area contributed by atoms with E-state index in [2.05, 4.69) is 9.44 Å². The molecular weight excluding hydrogens is 440 g/mol. The van der Waals surface area contributed by atoms with Crippen LogP contribution in [0.2, 0.25) is 0 Å². The van der Waals surface area contributed by atoms with Gasteiger partial charge in [-0.25, -0.2) is 26.3 Å². The Kier molecular flexibility index (Phi) is 8.20. The number of hydrogen-bond acceptors (Lipinski definition) is 6. The quantitative estimate of drug-likeness (QED) is 0.484. The molecule has 0 aliphatic carbocycles. The summed E-state index contributed by atoms with van der Waals surface area (Å²) in [6.07, 6.45) is 0.507. The van der Waals surface area contributed by atoms with Crippen molar-refractivity contribution in [3.05, 3.63) is 66.2 Å². The maximum Gasteiger partial charge on any atom is 0.240 e. The van der Waals surface area contributed by atoms with Gasteiger partial charge in [-0.15, -0.1) is 0 Å². The average molecular weight is 469 g/mol. The summed E-state index contributed by atoms with van der Waals surface area (Å²) in [7, 11) is -7.19. The van der Waals surface area contributed by atoms with Gasteiger partial charge in [-0.3, -0.25) is 0 Å². The fraction of sp³-hybridized carbons (Fsp3) is 0.429. The van der Waals surface area contributed by atoms with Gasteiger partial charge in [0.1, 0.15) is 0 Å². The van der Waals surface area contributed by atoms with Crippen LogP contribution in [-0.2, 0) is 30.5 Å². The highest BCUT2D eigenvalue weighted by Crippen LogP contribution is 2.23. The fourth-order valence-corrected chi connectivity index (χ4v) is 6.05. The van der Waals surface area contributed by atoms with Crippen LogP contribution in [0.25, 0.3) is 0 Å². The zero-order chi connectivity index (χ0) is 22.3. The molecule has 170 valence electrons. The van der Waals surface area contributed by atoms with Crippen LogP contribution in [0.4, 0.5) is 0 Å². The van der Waals surface area contributed by atoms with Crippen molar-refractivity contribution in [1.82, 2.24) is 9.44 Å². The second-order valence-electron chi connectivity index (χ2n) is 7.52. The van der Waals surface area contributed by atoms with E-state index in [-0.39, 0.29) is 29.9 Å². The molecule has 1 heterocycles. The minimum absolute atomic E-state index is 0.0953.